The zero-order chi connectivity index (χ0) is 14.8. The maximum Gasteiger partial charge on any atom is 0.234 e. The normalized spacial score (nSPS) is 12.7. The molecule has 2 rings (SSSR count). The van der Waals surface area contributed by atoms with E-state index in [1.54, 1.807) is 35.1 Å². The third kappa shape index (κ3) is 4.18. The van der Waals surface area contributed by atoms with Crippen molar-refractivity contribution in [2.24, 2.45) is 0 Å². The van der Waals surface area contributed by atoms with Crippen LogP contribution in [0.2, 0.25) is 0 Å². The number of sulfonamides is 2. The molecule has 8 nitrogen and oxygen atoms in total. The predicted molar refractivity (Wildman–Crippen MR) is 75.4 cm³/mol. The minimum Gasteiger partial charge on any atom is -0.283 e. The summed E-state index contributed by atoms with van der Waals surface area (Å²) < 4.78 is 51.4. The van der Waals surface area contributed by atoms with Crippen molar-refractivity contribution in [2.75, 3.05) is 23.3 Å². The van der Waals surface area contributed by atoms with Gasteiger partial charge in [-0.25, -0.2) is 26.1 Å². The molecule has 0 amide bonds. The average Bonchev–Trinajstić information content (AvgIpc) is 2.73. The van der Waals surface area contributed by atoms with Crippen LogP contribution in [0.15, 0.2) is 30.6 Å². The van der Waals surface area contributed by atoms with Gasteiger partial charge < -0.3 is 0 Å². The highest BCUT2D eigenvalue weighted by molar-refractivity contribution is 7.92. The quantitative estimate of drug-likeness (QED) is 0.755. The summed E-state index contributed by atoms with van der Waals surface area (Å²) in [6.45, 7) is -0.177. The van der Waals surface area contributed by atoms with E-state index in [4.69, 9.17) is 0 Å². The molecule has 0 fully saturated rings. The predicted octanol–water partition coefficient (Wildman–Crippen LogP) is -0.375. The van der Waals surface area contributed by atoms with E-state index in [2.05, 4.69) is 14.5 Å². The van der Waals surface area contributed by atoms with Crippen LogP contribution >= 0.6 is 0 Å². The Balaban J connectivity index is 2.03. The van der Waals surface area contributed by atoms with E-state index < -0.39 is 20.0 Å². The summed E-state index contributed by atoms with van der Waals surface area (Å²) in [5.41, 5.74) is 1.15. The monoisotopic (exact) mass is 318 g/mol. The second-order valence-electron chi connectivity index (χ2n) is 4.20. The maximum atomic E-state index is 11.8. The Labute approximate surface area is 116 Å². The first kappa shape index (κ1) is 14.8. The highest BCUT2D eigenvalue weighted by atomic mass is 32.2. The molecule has 10 heteroatoms. The lowest BCUT2D eigenvalue weighted by Crippen LogP contribution is -2.30. The number of nitrogens with one attached hydrogen (secondary N) is 2. The molecule has 0 saturated carbocycles. The van der Waals surface area contributed by atoms with Crippen molar-refractivity contribution in [1.82, 2.24) is 14.3 Å². The number of pyridine rings is 1. The fourth-order valence-electron chi connectivity index (χ4n) is 1.58. The van der Waals surface area contributed by atoms with E-state index in [-0.39, 0.29) is 12.3 Å². The Morgan fingerprint density at radius 2 is 2.00 bits per heavy atom. The molecule has 0 aliphatic carbocycles. The Hall–Kier alpha value is -1.65. The van der Waals surface area contributed by atoms with E-state index in [9.17, 15) is 16.8 Å². The molecular weight excluding hydrogens is 304 g/mol. The van der Waals surface area contributed by atoms with Crippen LogP contribution in [0.1, 0.15) is 0 Å². The summed E-state index contributed by atoms with van der Waals surface area (Å²) >= 11 is 0. The number of aromatic nitrogens is 2. The van der Waals surface area contributed by atoms with Gasteiger partial charge in [-0.1, -0.05) is 0 Å². The van der Waals surface area contributed by atoms with Gasteiger partial charge in [0.15, 0.2) is 0 Å². The fraction of sp³-hybridized carbons (Fsp3) is 0.300. The summed E-state index contributed by atoms with van der Waals surface area (Å²) in [5.74, 6) is -0.343. The van der Waals surface area contributed by atoms with Crippen LogP contribution in [-0.4, -0.2) is 45.0 Å². The fourth-order valence-corrected chi connectivity index (χ4v) is 3.14. The Bertz CT molecular complexity index is 811. The SMILES string of the molecule is CS(=O)(=O)NCCS(=O)(=O)Nc1ccn2nccc2c1. The molecule has 0 aromatic carbocycles. The molecule has 0 bridgehead atoms. The van der Waals surface area contributed by atoms with Crippen molar-refractivity contribution in [2.45, 2.75) is 0 Å². The molecule has 20 heavy (non-hydrogen) atoms. The van der Waals surface area contributed by atoms with E-state index in [0.717, 1.165) is 11.8 Å². The lowest BCUT2D eigenvalue weighted by Gasteiger charge is -2.08. The minimum atomic E-state index is -3.62. The Morgan fingerprint density at radius 1 is 1.25 bits per heavy atom. The van der Waals surface area contributed by atoms with Gasteiger partial charge in [0, 0.05) is 18.9 Å². The van der Waals surface area contributed by atoms with Crippen LogP contribution in [-0.2, 0) is 20.0 Å². The van der Waals surface area contributed by atoms with Gasteiger partial charge in [0.1, 0.15) is 0 Å². The van der Waals surface area contributed by atoms with E-state index in [0.29, 0.717) is 5.69 Å². The Morgan fingerprint density at radius 3 is 2.70 bits per heavy atom. The molecule has 2 aromatic rings. The largest absolute Gasteiger partial charge is 0.283 e. The first-order valence-electron chi connectivity index (χ1n) is 5.64. The zero-order valence-corrected chi connectivity index (χ0v) is 12.3. The van der Waals surface area contributed by atoms with E-state index >= 15 is 0 Å². The number of hydrogen-bond donors (Lipinski definition) is 2. The van der Waals surface area contributed by atoms with Crippen LogP contribution < -0.4 is 9.44 Å². The molecule has 0 spiro atoms. The van der Waals surface area contributed by atoms with Gasteiger partial charge in [-0.15, -0.1) is 0 Å². The van der Waals surface area contributed by atoms with Gasteiger partial charge >= 0.3 is 0 Å². The van der Waals surface area contributed by atoms with Crippen LogP contribution in [0.4, 0.5) is 5.69 Å². The number of hydrogen-bond acceptors (Lipinski definition) is 5. The summed E-state index contributed by atoms with van der Waals surface area (Å²) in [6, 6.07) is 4.94. The zero-order valence-electron chi connectivity index (χ0n) is 10.6. The molecule has 2 heterocycles. The first-order chi connectivity index (χ1) is 9.25. The van der Waals surface area contributed by atoms with Crippen LogP contribution in [0, 0.1) is 0 Å². The first-order valence-corrected chi connectivity index (χ1v) is 9.18. The van der Waals surface area contributed by atoms with Crippen molar-refractivity contribution in [3.63, 3.8) is 0 Å². The van der Waals surface area contributed by atoms with E-state index in [1.807, 2.05) is 0 Å². The molecule has 0 aliphatic heterocycles. The summed E-state index contributed by atoms with van der Waals surface area (Å²) in [6.07, 6.45) is 4.20. The average molecular weight is 318 g/mol. The molecular formula is C10H14N4O4S2. The van der Waals surface area contributed by atoms with Gasteiger partial charge in [0.05, 0.1) is 23.2 Å². The van der Waals surface area contributed by atoms with E-state index in [1.165, 1.54) is 0 Å². The number of anilines is 1. The van der Waals surface area contributed by atoms with Gasteiger partial charge in [0.25, 0.3) is 0 Å². The highest BCUT2D eigenvalue weighted by Crippen LogP contribution is 2.12. The van der Waals surface area contributed by atoms with Crippen LogP contribution in [0.25, 0.3) is 5.52 Å². The lowest BCUT2D eigenvalue weighted by atomic mass is 10.4. The van der Waals surface area contributed by atoms with Crippen LogP contribution in [0.5, 0.6) is 0 Å². The number of rotatable bonds is 6. The summed E-state index contributed by atoms with van der Waals surface area (Å²) in [7, 11) is -7.01. The number of nitrogens with zero attached hydrogens (tertiary/aromatic N) is 2. The standard InChI is InChI=1S/C10H14N4O4S2/c1-19(15,16)12-5-7-20(17,18)13-9-3-6-14-10(8-9)2-4-11-14/h2-4,6,8,12-13H,5,7H2,1H3. The molecule has 110 valence electrons. The lowest BCUT2D eigenvalue weighted by molar-refractivity contribution is 0.587. The second kappa shape index (κ2) is 5.38. The number of fused-ring (bicyclic) bond motifs is 1. The molecule has 2 aromatic heterocycles. The van der Waals surface area contributed by atoms with Crippen molar-refractivity contribution >= 4 is 31.3 Å². The maximum absolute atomic E-state index is 11.8. The molecule has 0 unspecified atom stereocenters. The van der Waals surface area contributed by atoms with Crippen molar-refractivity contribution in [3.05, 3.63) is 30.6 Å². The second-order valence-corrected chi connectivity index (χ2v) is 7.88. The van der Waals surface area contributed by atoms with Gasteiger partial charge in [-0.3, -0.25) is 4.72 Å². The third-order valence-electron chi connectivity index (χ3n) is 2.41. The van der Waals surface area contributed by atoms with Crippen LogP contribution in [0.3, 0.4) is 0 Å². The molecule has 0 aliphatic rings. The molecule has 2 N–H and O–H groups in total. The third-order valence-corrected chi connectivity index (χ3v) is 4.42. The topological polar surface area (TPSA) is 110 Å². The minimum absolute atomic E-state index is 0.177. The summed E-state index contributed by atoms with van der Waals surface area (Å²) in [5, 5.41) is 4.00. The molecule has 0 saturated heterocycles. The van der Waals surface area contributed by atoms with Crippen molar-refractivity contribution in [1.29, 1.82) is 0 Å². The smallest absolute Gasteiger partial charge is 0.234 e. The van der Waals surface area contributed by atoms with Crippen molar-refractivity contribution < 1.29 is 16.8 Å². The molecule has 0 radical (unpaired) electrons. The van der Waals surface area contributed by atoms with Gasteiger partial charge in [-0.05, 0) is 18.2 Å². The van der Waals surface area contributed by atoms with Crippen molar-refractivity contribution in [3.8, 4) is 0 Å². The van der Waals surface area contributed by atoms with Gasteiger partial charge in [-0.2, -0.15) is 5.10 Å². The molecule has 0 atom stereocenters. The summed E-state index contributed by atoms with van der Waals surface area (Å²) in [4.78, 5) is 0. The Kier molecular flexibility index (Phi) is 3.97. The van der Waals surface area contributed by atoms with Gasteiger partial charge in [0.2, 0.25) is 20.0 Å². The highest BCUT2D eigenvalue weighted by Gasteiger charge is 2.12.